The van der Waals surface area contributed by atoms with Gasteiger partial charge in [0, 0.05) is 14.9 Å². The summed E-state index contributed by atoms with van der Waals surface area (Å²) < 4.78 is 1.08. The third kappa shape index (κ3) is 3.17. The first-order chi connectivity index (χ1) is 8.97. The Morgan fingerprint density at radius 2 is 1.95 bits per heavy atom. The Morgan fingerprint density at radius 3 is 2.63 bits per heavy atom. The summed E-state index contributed by atoms with van der Waals surface area (Å²) in [6, 6.07) is 10.8. The van der Waals surface area contributed by atoms with Crippen LogP contribution in [0.4, 0.5) is 17.1 Å². The minimum Gasteiger partial charge on any atom is -0.478 e. The summed E-state index contributed by atoms with van der Waals surface area (Å²) in [6.45, 7) is 1.97. The molecular formula is C14H13IN2O2. The molecular weight excluding hydrogens is 355 g/mol. The van der Waals surface area contributed by atoms with Gasteiger partial charge in [-0.2, -0.15) is 0 Å². The summed E-state index contributed by atoms with van der Waals surface area (Å²) >= 11 is 2.22. The average Bonchev–Trinajstić information content (AvgIpc) is 2.35. The SMILES string of the molecule is Cc1ccc(I)cc1Nc1ccc(N)cc1C(=O)O. The van der Waals surface area contributed by atoms with Crippen molar-refractivity contribution in [2.24, 2.45) is 0 Å². The van der Waals surface area contributed by atoms with E-state index < -0.39 is 5.97 Å². The maximum Gasteiger partial charge on any atom is 0.337 e. The molecule has 2 rings (SSSR count). The fraction of sp³-hybridized carbons (Fsp3) is 0.0714. The lowest BCUT2D eigenvalue weighted by Gasteiger charge is -2.13. The number of carboxylic acid groups (broad SMARTS) is 1. The van der Waals surface area contributed by atoms with Crippen molar-refractivity contribution in [2.75, 3.05) is 11.1 Å². The fourth-order valence-electron chi connectivity index (χ4n) is 1.72. The molecule has 2 aromatic carbocycles. The van der Waals surface area contributed by atoms with Crippen molar-refractivity contribution in [1.82, 2.24) is 0 Å². The molecule has 4 nitrogen and oxygen atoms in total. The Labute approximate surface area is 124 Å². The Hall–Kier alpha value is -1.76. The third-order valence-electron chi connectivity index (χ3n) is 2.74. The highest BCUT2D eigenvalue weighted by Gasteiger charge is 2.11. The van der Waals surface area contributed by atoms with Crippen LogP contribution in [0.3, 0.4) is 0 Å². The quantitative estimate of drug-likeness (QED) is 0.572. The van der Waals surface area contributed by atoms with Crippen LogP contribution in [0.1, 0.15) is 15.9 Å². The second kappa shape index (κ2) is 5.48. The molecule has 0 aromatic heterocycles. The molecule has 0 bridgehead atoms. The highest BCUT2D eigenvalue weighted by molar-refractivity contribution is 14.1. The summed E-state index contributed by atoms with van der Waals surface area (Å²) in [5.74, 6) is -1.00. The fourth-order valence-corrected chi connectivity index (χ4v) is 2.21. The molecule has 0 aliphatic rings. The van der Waals surface area contributed by atoms with Gasteiger partial charge < -0.3 is 16.2 Å². The number of benzene rings is 2. The van der Waals surface area contributed by atoms with E-state index in [-0.39, 0.29) is 5.56 Å². The summed E-state index contributed by atoms with van der Waals surface area (Å²) in [5.41, 5.74) is 8.69. The van der Waals surface area contributed by atoms with E-state index in [4.69, 9.17) is 5.73 Å². The average molecular weight is 368 g/mol. The molecule has 19 heavy (non-hydrogen) atoms. The van der Waals surface area contributed by atoms with Crippen molar-refractivity contribution in [3.8, 4) is 0 Å². The van der Waals surface area contributed by atoms with Crippen molar-refractivity contribution >= 4 is 45.6 Å². The van der Waals surface area contributed by atoms with Gasteiger partial charge in [-0.1, -0.05) is 6.07 Å². The molecule has 0 aliphatic heterocycles. The zero-order valence-corrected chi connectivity index (χ0v) is 12.4. The van der Waals surface area contributed by atoms with Crippen molar-refractivity contribution in [1.29, 1.82) is 0 Å². The highest BCUT2D eigenvalue weighted by atomic mass is 127. The molecule has 0 spiro atoms. The predicted molar refractivity (Wildman–Crippen MR) is 85.0 cm³/mol. The normalized spacial score (nSPS) is 10.2. The number of nitrogens with two attached hydrogens (primary N) is 1. The molecule has 0 heterocycles. The third-order valence-corrected chi connectivity index (χ3v) is 3.41. The predicted octanol–water partition coefficient (Wildman–Crippen LogP) is 3.62. The lowest BCUT2D eigenvalue weighted by molar-refractivity contribution is 0.0698. The molecule has 0 atom stereocenters. The van der Waals surface area contributed by atoms with Crippen LogP contribution in [0.5, 0.6) is 0 Å². The van der Waals surface area contributed by atoms with Gasteiger partial charge in [0.05, 0.1) is 11.3 Å². The number of hydrogen-bond donors (Lipinski definition) is 3. The van der Waals surface area contributed by atoms with Crippen LogP contribution >= 0.6 is 22.6 Å². The topological polar surface area (TPSA) is 75.3 Å². The Morgan fingerprint density at radius 1 is 1.21 bits per heavy atom. The summed E-state index contributed by atoms with van der Waals surface area (Å²) in [5, 5.41) is 12.3. The molecule has 4 N–H and O–H groups in total. The first-order valence-electron chi connectivity index (χ1n) is 5.63. The zero-order chi connectivity index (χ0) is 14.0. The van der Waals surface area contributed by atoms with Crippen LogP contribution in [0.15, 0.2) is 36.4 Å². The molecule has 0 fully saturated rings. The molecule has 0 amide bonds. The van der Waals surface area contributed by atoms with Crippen molar-refractivity contribution in [3.63, 3.8) is 0 Å². The molecule has 0 saturated heterocycles. The number of anilines is 3. The number of rotatable bonds is 3. The van der Waals surface area contributed by atoms with E-state index in [2.05, 4.69) is 27.9 Å². The molecule has 0 radical (unpaired) electrons. The Bertz CT molecular complexity index is 641. The molecule has 2 aromatic rings. The van der Waals surface area contributed by atoms with E-state index in [0.29, 0.717) is 11.4 Å². The van der Waals surface area contributed by atoms with Gasteiger partial charge in [-0.05, 0) is 65.4 Å². The number of hydrogen-bond acceptors (Lipinski definition) is 3. The number of aryl methyl sites for hydroxylation is 1. The van der Waals surface area contributed by atoms with E-state index in [0.717, 1.165) is 14.8 Å². The minimum absolute atomic E-state index is 0.165. The van der Waals surface area contributed by atoms with E-state index in [1.807, 2.05) is 25.1 Å². The van der Waals surface area contributed by atoms with Gasteiger partial charge in [0.2, 0.25) is 0 Å². The van der Waals surface area contributed by atoms with Crippen LogP contribution < -0.4 is 11.1 Å². The largest absolute Gasteiger partial charge is 0.478 e. The zero-order valence-electron chi connectivity index (χ0n) is 10.3. The van der Waals surface area contributed by atoms with E-state index >= 15 is 0 Å². The van der Waals surface area contributed by atoms with Gasteiger partial charge in [-0.15, -0.1) is 0 Å². The maximum atomic E-state index is 11.2. The summed E-state index contributed by atoms with van der Waals surface area (Å²) in [7, 11) is 0. The Balaban J connectivity index is 2.43. The van der Waals surface area contributed by atoms with Gasteiger partial charge in [-0.3, -0.25) is 0 Å². The maximum absolute atomic E-state index is 11.2. The highest BCUT2D eigenvalue weighted by Crippen LogP contribution is 2.26. The van der Waals surface area contributed by atoms with Gasteiger partial charge in [0.1, 0.15) is 0 Å². The summed E-state index contributed by atoms with van der Waals surface area (Å²) in [6.07, 6.45) is 0. The number of carbonyl (C=O) groups is 1. The van der Waals surface area contributed by atoms with Gasteiger partial charge in [-0.25, -0.2) is 4.79 Å². The van der Waals surface area contributed by atoms with Gasteiger partial charge in [0.15, 0.2) is 0 Å². The first-order valence-corrected chi connectivity index (χ1v) is 6.71. The van der Waals surface area contributed by atoms with Gasteiger partial charge >= 0.3 is 5.97 Å². The standard InChI is InChI=1S/C14H13IN2O2/c1-8-2-3-9(15)6-13(8)17-12-5-4-10(16)7-11(12)14(18)19/h2-7,17H,16H2,1H3,(H,18,19). The Kier molecular flexibility index (Phi) is 3.94. The van der Waals surface area contributed by atoms with Crippen molar-refractivity contribution in [3.05, 3.63) is 51.1 Å². The van der Waals surface area contributed by atoms with E-state index in [1.165, 1.54) is 6.07 Å². The first kappa shape index (κ1) is 13.7. The van der Waals surface area contributed by atoms with Crippen LogP contribution in [-0.4, -0.2) is 11.1 Å². The molecule has 0 aliphatic carbocycles. The van der Waals surface area contributed by atoms with Crippen molar-refractivity contribution in [2.45, 2.75) is 6.92 Å². The molecule has 5 heteroatoms. The molecule has 0 saturated carbocycles. The lowest BCUT2D eigenvalue weighted by Crippen LogP contribution is -2.04. The smallest absolute Gasteiger partial charge is 0.337 e. The van der Waals surface area contributed by atoms with Crippen LogP contribution in [0.2, 0.25) is 0 Å². The van der Waals surface area contributed by atoms with Crippen molar-refractivity contribution < 1.29 is 9.90 Å². The van der Waals surface area contributed by atoms with Crippen LogP contribution in [0.25, 0.3) is 0 Å². The number of nitrogens with one attached hydrogen (secondary N) is 1. The molecule has 0 unspecified atom stereocenters. The van der Waals surface area contributed by atoms with Gasteiger partial charge in [0.25, 0.3) is 0 Å². The number of aromatic carboxylic acids is 1. The molecule has 98 valence electrons. The van der Waals surface area contributed by atoms with Crippen LogP contribution in [0, 0.1) is 10.5 Å². The minimum atomic E-state index is -1.00. The van der Waals surface area contributed by atoms with E-state index in [9.17, 15) is 9.90 Å². The number of carboxylic acids is 1. The number of nitrogen functional groups attached to an aromatic ring is 1. The second-order valence-electron chi connectivity index (χ2n) is 4.19. The number of halogens is 1. The second-order valence-corrected chi connectivity index (χ2v) is 5.44. The monoisotopic (exact) mass is 368 g/mol. The summed E-state index contributed by atoms with van der Waals surface area (Å²) in [4.78, 5) is 11.2. The van der Waals surface area contributed by atoms with Crippen LogP contribution in [-0.2, 0) is 0 Å². The lowest BCUT2D eigenvalue weighted by atomic mass is 10.1. The van der Waals surface area contributed by atoms with E-state index in [1.54, 1.807) is 12.1 Å².